The molecule has 0 aliphatic carbocycles. The van der Waals surface area contributed by atoms with E-state index in [-0.39, 0.29) is 34.6 Å². The molecular weight excluding hydrogens is 550 g/mol. The van der Waals surface area contributed by atoms with Crippen LogP contribution < -0.4 is 39.0 Å². The molecule has 1 atom stereocenters. The van der Waals surface area contributed by atoms with E-state index in [0.29, 0.717) is 23.9 Å². The molecule has 15 nitrogen and oxygen atoms in total. The Morgan fingerprint density at radius 2 is 1.69 bits per heavy atom. The van der Waals surface area contributed by atoms with Crippen molar-refractivity contribution in [3.63, 3.8) is 0 Å². The van der Waals surface area contributed by atoms with Crippen LogP contribution >= 0.6 is 24.4 Å². The van der Waals surface area contributed by atoms with Crippen LogP contribution in [-0.4, -0.2) is 49.1 Å². The van der Waals surface area contributed by atoms with Crippen molar-refractivity contribution in [2.24, 2.45) is 11.5 Å². The number of benzene rings is 1. The van der Waals surface area contributed by atoms with E-state index in [0.717, 1.165) is 11.1 Å². The molecule has 1 aromatic carbocycles. The fourth-order valence-electron chi connectivity index (χ4n) is 3.51. The zero-order valence-electron chi connectivity index (χ0n) is 20.2. The molecule has 0 fully saturated rings. The van der Waals surface area contributed by atoms with Crippen molar-refractivity contribution in [1.29, 1.82) is 0 Å². The van der Waals surface area contributed by atoms with Gasteiger partial charge in [0, 0.05) is 11.8 Å². The van der Waals surface area contributed by atoms with Gasteiger partial charge in [0.15, 0.2) is 10.2 Å². The largest absolute Gasteiger partial charge is 0.374 e. The molecular formula is C22H25N9O6S2. The summed E-state index contributed by atoms with van der Waals surface area (Å²) < 4.78 is 0. The summed E-state index contributed by atoms with van der Waals surface area (Å²) in [5.74, 6) is -2.29. The van der Waals surface area contributed by atoms with Crippen molar-refractivity contribution >= 4 is 69.5 Å². The Morgan fingerprint density at radius 1 is 1.03 bits per heavy atom. The molecule has 2 aromatic heterocycles. The Labute approximate surface area is 231 Å². The van der Waals surface area contributed by atoms with E-state index in [1.165, 1.54) is 0 Å². The number of thiocarbonyl (C=S) groups is 2. The van der Waals surface area contributed by atoms with Crippen LogP contribution in [0.3, 0.4) is 0 Å². The summed E-state index contributed by atoms with van der Waals surface area (Å²) in [6.45, 7) is 0. The first-order chi connectivity index (χ1) is 18.5. The monoisotopic (exact) mass is 575 g/mol. The highest BCUT2D eigenvalue weighted by atomic mass is 32.1. The third kappa shape index (κ3) is 8.37. The zero-order chi connectivity index (χ0) is 28.5. The maximum Gasteiger partial charge on any atom is 0.354 e. The van der Waals surface area contributed by atoms with Gasteiger partial charge in [-0.1, -0.05) is 12.1 Å². The molecule has 0 unspecified atom stereocenters. The summed E-state index contributed by atoms with van der Waals surface area (Å²) in [6.07, 6.45) is 2.35. The number of anilines is 1. The zero-order valence-corrected chi connectivity index (χ0v) is 21.9. The number of aromatic nitrogens is 3. The Morgan fingerprint density at radius 3 is 2.36 bits per heavy atom. The molecule has 0 saturated carbocycles. The van der Waals surface area contributed by atoms with Gasteiger partial charge >= 0.3 is 11.9 Å². The number of nitrogens with zero attached hydrogens (tertiary/aromatic N) is 1. The summed E-state index contributed by atoms with van der Waals surface area (Å²) in [5.41, 5.74) is 22.1. The standard InChI is InChI=1S/C22H25N9O6S2/c23-20-28-16-15(18(34)29-20)12(9-26-16)6-3-10-1-4-11(5-2-10)17(33)27-13(19(35)37-31-22(25)39)7-8-14(32)36-30-21(24)38/h1-2,4-5,9,13H,3,6-8H2,(H,27,33)(H3,24,30,38)(H3,25,31,39)(H4,23,26,28,29,34)/t13-/m0/s1. The molecule has 11 N–H and O–H groups in total. The average molecular weight is 576 g/mol. The van der Waals surface area contributed by atoms with Crippen LogP contribution in [0.25, 0.3) is 11.0 Å². The quantitative estimate of drug-likeness (QED) is 0.114. The molecule has 0 saturated heterocycles. The molecule has 0 radical (unpaired) electrons. The number of aromatic amines is 2. The summed E-state index contributed by atoms with van der Waals surface area (Å²) in [7, 11) is 0. The number of hydroxylamine groups is 2. The Balaban J connectivity index is 1.62. The number of nitrogens with two attached hydrogens (primary N) is 3. The lowest BCUT2D eigenvalue weighted by Crippen LogP contribution is -2.45. The number of nitrogen functional groups attached to an aromatic ring is 1. The summed E-state index contributed by atoms with van der Waals surface area (Å²) >= 11 is 9.13. The molecule has 2 heterocycles. The lowest BCUT2D eigenvalue weighted by atomic mass is 10.0. The SMILES string of the molecule is NC(=S)NOC(=O)CC[C@H](NC(=O)c1ccc(CCc2c[nH]c3[nH]c(N)nc(=O)c23)cc1)C(=O)ONC(N)=S. The van der Waals surface area contributed by atoms with Crippen molar-refractivity contribution in [3.05, 3.63) is 57.5 Å². The average Bonchev–Trinajstić information content (AvgIpc) is 3.30. The van der Waals surface area contributed by atoms with Crippen molar-refractivity contribution in [2.75, 3.05) is 5.73 Å². The minimum atomic E-state index is -1.25. The van der Waals surface area contributed by atoms with E-state index < -0.39 is 29.4 Å². The molecule has 17 heteroatoms. The minimum Gasteiger partial charge on any atom is -0.374 e. The van der Waals surface area contributed by atoms with Gasteiger partial charge in [-0.3, -0.25) is 9.59 Å². The van der Waals surface area contributed by atoms with E-state index in [1.807, 2.05) is 11.0 Å². The normalized spacial score (nSPS) is 11.3. The van der Waals surface area contributed by atoms with Gasteiger partial charge in [0.2, 0.25) is 5.95 Å². The van der Waals surface area contributed by atoms with Crippen LogP contribution in [0.2, 0.25) is 0 Å². The highest BCUT2D eigenvalue weighted by Crippen LogP contribution is 2.16. The smallest absolute Gasteiger partial charge is 0.354 e. The fraction of sp³-hybridized carbons (Fsp3) is 0.227. The van der Waals surface area contributed by atoms with Crippen LogP contribution in [-0.2, 0) is 32.1 Å². The van der Waals surface area contributed by atoms with Crippen LogP contribution in [0.1, 0.15) is 34.3 Å². The molecule has 0 aliphatic heterocycles. The van der Waals surface area contributed by atoms with Crippen molar-refractivity contribution < 1.29 is 24.1 Å². The summed E-state index contributed by atoms with van der Waals surface area (Å²) in [5, 5.41) is 2.38. The van der Waals surface area contributed by atoms with Crippen LogP contribution in [0.5, 0.6) is 0 Å². The minimum absolute atomic E-state index is 0.0255. The number of fused-ring (bicyclic) bond motifs is 1. The predicted molar refractivity (Wildman–Crippen MR) is 147 cm³/mol. The molecule has 0 spiro atoms. The van der Waals surface area contributed by atoms with Crippen LogP contribution in [0.15, 0.2) is 35.3 Å². The second-order valence-corrected chi connectivity index (χ2v) is 8.96. The van der Waals surface area contributed by atoms with Gasteiger partial charge in [0.1, 0.15) is 11.7 Å². The van der Waals surface area contributed by atoms with E-state index >= 15 is 0 Å². The van der Waals surface area contributed by atoms with Gasteiger partial charge < -0.3 is 42.2 Å². The van der Waals surface area contributed by atoms with Gasteiger partial charge in [-0.15, -0.1) is 0 Å². The van der Waals surface area contributed by atoms with Crippen LogP contribution in [0, 0.1) is 0 Å². The van der Waals surface area contributed by atoms with Crippen molar-refractivity contribution in [3.8, 4) is 0 Å². The third-order valence-corrected chi connectivity index (χ3v) is 5.46. The van der Waals surface area contributed by atoms with Gasteiger partial charge in [-0.25, -0.2) is 9.59 Å². The van der Waals surface area contributed by atoms with Gasteiger partial charge in [0.25, 0.3) is 11.5 Å². The molecule has 0 aliphatic rings. The molecule has 39 heavy (non-hydrogen) atoms. The molecule has 3 aromatic rings. The first-order valence-electron chi connectivity index (χ1n) is 11.3. The maximum atomic E-state index is 12.8. The summed E-state index contributed by atoms with van der Waals surface area (Å²) in [4.78, 5) is 68.1. The number of carbonyl (C=O) groups excluding carboxylic acids is 3. The van der Waals surface area contributed by atoms with E-state index in [4.69, 9.17) is 22.0 Å². The predicted octanol–water partition coefficient (Wildman–Crippen LogP) is -0.920. The highest BCUT2D eigenvalue weighted by molar-refractivity contribution is 7.80. The fourth-order valence-corrected chi connectivity index (χ4v) is 3.59. The number of aryl methyl sites for hydroxylation is 2. The Bertz CT molecular complexity index is 1450. The van der Waals surface area contributed by atoms with Crippen molar-refractivity contribution in [1.82, 2.24) is 31.2 Å². The number of carbonyl (C=O) groups is 3. The summed E-state index contributed by atoms with van der Waals surface area (Å²) in [6, 6.07) is 5.38. The Hall–Kier alpha value is -4.77. The van der Waals surface area contributed by atoms with E-state index in [1.54, 1.807) is 30.5 Å². The second-order valence-electron chi connectivity index (χ2n) is 8.08. The molecule has 206 valence electrons. The lowest BCUT2D eigenvalue weighted by Gasteiger charge is -2.17. The van der Waals surface area contributed by atoms with E-state index in [2.05, 4.69) is 49.5 Å². The second kappa shape index (κ2) is 13.2. The number of hydrogen-bond acceptors (Lipinski definition) is 10. The van der Waals surface area contributed by atoms with Gasteiger partial charge in [-0.05, 0) is 67.0 Å². The number of rotatable bonds is 9. The van der Waals surface area contributed by atoms with Crippen LogP contribution in [0.4, 0.5) is 5.95 Å². The number of amides is 1. The number of nitrogens with one attached hydrogen (secondary N) is 5. The molecule has 0 bridgehead atoms. The number of H-pyrrole nitrogens is 2. The molecule has 3 rings (SSSR count). The number of hydrogen-bond donors (Lipinski definition) is 8. The first kappa shape index (κ1) is 28.8. The molecule has 1 amide bonds. The van der Waals surface area contributed by atoms with Gasteiger partial charge in [0.05, 0.1) is 11.8 Å². The van der Waals surface area contributed by atoms with Gasteiger partial charge in [-0.2, -0.15) is 15.9 Å². The highest BCUT2D eigenvalue weighted by Gasteiger charge is 2.25. The first-order valence-corrected chi connectivity index (χ1v) is 12.1. The lowest BCUT2D eigenvalue weighted by molar-refractivity contribution is -0.151. The van der Waals surface area contributed by atoms with Crippen molar-refractivity contribution in [2.45, 2.75) is 31.7 Å². The topological polar surface area (TPSA) is 245 Å². The third-order valence-electron chi connectivity index (χ3n) is 5.29. The van der Waals surface area contributed by atoms with E-state index in [9.17, 15) is 19.2 Å². The Kier molecular flexibility index (Phi) is 9.71. The maximum absolute atomic E-state index is 12.8.